The molecule has 6 nitrogen and oxygen atoms in total. The molecule has 1 N–H and O–H groups in total. The van der Waals surface area contributed by atoms with E-state index in [1.165, 1.54) is 30.1 Å². The molecule has 6 fully saturated rings. The molecule has 6 saturated heterocycles. The number of anilines is 1. The number of benzene rings is 1. The van der Waals surface area contributed by atoms with E-state index in [1.54, 1.807) is 0 Å². The Bertz CT molecular complexity index is 897. The molecule has 7 heteroatoms. The lowest BCUT2D eigenvalue weighted by atomic mass is 9.92. The van der Waals surface area contributed by atoms with Gasteiger partial charge in [-0.15, -0.1) is 0 Å². The van der Waals surface area contributed by atoms with Crippen molar-refractivity contribution in [3.63, 3.8) is 0 Å². The van der Waals surface area contributed by atoms with E-state index < -0.39 is 0 Å². The number of nitrogens with zero attached hydrogens (tertiary/aromatic N) is 4. The molecule has 1 amide bonds. The zero-order chi connectivity index (χ0) is 18.7. The quantitative estimate of drug-likeness (QED) is 0.842. The highest BCUT2D eigenvalue weighted by Crippen LogP contribution is 2.33. The summed E-state index contributed by atoms with van der Waals surface area (Å²) < 4.78 is 5.76. The molecular formula is C21H27N5OS. The molecular weight excluding hydrogens is 370 g/mol. The van der Waals surface area contributed by atoms with Gasteiger partial charge in [-0.25, -0.2) is 0 Å². The zero-order valence-corrected chi connectivity index (χ0v) is 17.0. The Hall–Kier alpha value is -1.70. The minimum absolute atomic E-state index is 0.133. The summed E-state index contributed by atoms with van der Waals surface area (Å²) in [4.78, 5) is 20.5. The average Bonchev–Trinajstić information content (AvgIpc) is 2.94. The summed E-state index contributed by atoms with van der Waals surface area (Å²) in [5, 5.41) is 4.65. The van der Waals surface area contributed by atoms with Crippen molar-refractivity contribution in [2.45, 2.75) is 43.8 Å². The van der Waals surface area contributed by atoms with Crippen LogP contribution in [0.5, 0.6) is 0 Å². The third-order valence-corrected chi connectivity index (χ3v) is 8.06. The molecule has 6 aliphatic heterocycles. The van der Waals surface area contributed by atoms with Crippen molar-refractivity contribution in [1.82, 2.24) is 19.5 Å². The lowest BCUT2D eigenvalue weighted by molar-refractivity contribution is 0.0682. The number of nitrogens with one attached hydrogen (secondary N) is 1. The van der Waals surface area contributed by atoms with E-state index >= 15 is 0 Å². The van der Waals surface area contributed by atoms with Crippen LogP contribution in [0, 0.1) is 0 Å². The molecule has 148 valence electrons. The van der Waals surface area contributed by atoms with E-state index in [0.717, 1.165) is 62.2 Å². The summed E-state index contributed by atoms with van der Waals surface area (Å²) in [5.74, 6) is 0.133. The summed E-state index contributed by atoms with van der Waals surface area (Å²) in [6.07, 6.45) is 4.76. The van der Waals surface area contributed by atoms with Gasteiger partial charge in [0.05, 0.1) is 4.70 Å². The van der Waals surface area contributed by atoms with Crippen molar-refractivity contribution in [3.05, 3.63) is 23.9 Å². The Balaban J connectivity index is 1.29. The van der Waals surface area contributed by atoms with Gasteiger partial charge >= 0.3 is 0 Å². The maximum Gasteiger partial charge on any atom is 0.274 e. The van der Waals surface area contributed by atoms with Crippen molar-refractivity contribution in [1.29, 1.82) is 0 Å². The Morgan fingerprint density at radius 3 is 2.71 bits per heavy atom. The standard InChI is InChI=1S/C21H27N5OS/c27-21(25-10-9-24-7-5-15(25)6-8-24)20-18-4-3-16(11-19(18)28-23-20)26-13-14-1-2-17(26)12-22-14/h3-4,11,14-15,17,22H,1-2,5-10,12-13H2. The molecule has 0 saturated carbocycles. The van der Waals surface area contributed by atoms with Crippen LogP contribution in [0.2, 0.25) is 0 Å². The summed E-state index contributed by atoms with van der Waals surface area (Å²) in [7, 11) is 0. The number of carbonyl (C=O) groups excluding carboxylic acids is 1. The molecule has 0 aliphatic carbocycles. The first-order chi connectivity index (χ1) is 13.8. The van der Waals surface area contributed by atoms with Gasteiger partial charge in [-0.3, -0.25) is 4.79 Å². The number of fused-ring (bicyclic) bond motifs is 8. The molecule has 7 heterocycles. The van der Waals surface area contributed by atoms with Crippen LogP contribution in [0.1, 0.15) is 36.2 Å². The number of aromatic nitrogens is 1. The van der Waals surface area contributed by atoms with Gasteiger partial charge in [-0.1, -0.05) is 0 Å². The summed E-state index contributed by atoms with van der Waals surface area (Å²) in [6, 6.07) is 8.19. The van der Waals surface area contributed by atoms with Gasteiger partial charge in [0, 0.05) is 68.5 Å². The van der Waals surface area contributed by atoms with E-state index in [2.05, 4.69) is 42.6 Å². The number of hydrogen-bond acceptors (Lipinski definition) is 6. The number of rotatable bonds is 2. The van der Waals surface area contributed by atoms with Crippen LogP contribution in [0.15, 0.2) is 18.2 Å². The first-order valence-electron chi connectivity index (χ1n) is 10.7. The largest absolute Gasteiger partial charge is 0.366 e. The average molecular weight is 398 g/mol. The van der Waals surface area contributed by atoms with Crippen LogP contribution in [-0.4, -0.2) is 77.5 Å². The lowest BCUT2D eigenvalue weighted by Gasteiger charge is -2.47. The van der Waals surface area contributed by atoms with E-state index in [9.17, 15) is 4.79 Å². The first-order valence-corrected chi connectivity index (χ1v) is 11.5. The van der Waals surface area contributed by atoms with Crippen molar-refractivity contribution < 1.29 is 4.79 Å². The van der Waals surface area contributed by atoms with Crippen LogP contribution in [0.3, 0.4) is 0 Å². The Labute approximate surface area is 169 Å². The summed E-state index contributed by atoms with van der Waals surface area (Å²) in [5.41, 5.74) is 1.95. The van der Waals surface area contributed by atoms with Gasteiger partial charge in [-0.2, -0.15) is 4.37 Å². The van der Waals surface area contributed by atoms with Crippen molar-refractivity contribution >= 4 is 33.2 Å². The smallest absolute Gasteiger partial charge is 0.274 e. The second-order valence-electron chi connectivity index (χ2n) is 8.77. The highest BCUT2D eigenvalue weighted by Gasteiger charge is 2.35. The molecule has 28 heavy (non-hydrogen) atoms. The Morgan fingerprint density at radius 2 is 1.96 bits per heavy atom. The molecule has 8 rings (SSSR count). The predicted molar refractivity (Wildman–Crippen MR) is 112 cm³/mol. The van der Waals surface area contributed by atoms with E-state index in [0.29, 0.717) is 23.8 Å². The lowest BCUT2D eigenvalue weighted by Crippen LogP contribution is -2.61. The fourth-order valence-corrected chi connectivity index (χ4v) is 6.38. The van der Waals surface area contributed by atoms with Crippen molar-refractivity contribution in [2.24, 2.45) is 0 Å². The summed E-state index contributed by atoms with van der Waals surface area (Å²) in [6.45, 7) is 6.27. The third kappa shape index (κ3) is 2.75. The van der Waals surface area contributed by atoms with Gasteiger partial charge in [0.15, 0.2) is 0 Å². The molecule has 2 atom stereocenters. The molecule has 6 aliphatic rings. The van der Waals surface area contributed by atoms with E-state index in [4.69, 9.17) is 0 Å². The summed E-state index contributed by atoms with van der Waals surface area (Å²) >= 11 is 1.48. The first kappa shape index (κ1) is 17.2. The van der Waals surface area contributed by atoms with E-state index in [1.807, 2.05) is 0 Å². The van der Waals surface area contributed by atoms with Crippen molar-refractivity contribution in [2.75, 3.05) is 44.2 Å². The molecule has 1 aromatic heterocycles. The molecule has 1 aromatic carbocycles. The Morgan fingerprint density at radius 1 is 1.07 bits per heavy atom. The maximum atomic E-state index is 13.3. The number of hydrogen-bond donors (Lipinski definition) is 1. The molecule has 4 bridgehead atoms. The number of amides is 1. The van der Waals surface area contributed by atoms with E-state index in [-0.39, 0.29) is 5.91 Å². The number of piperidine rings is 3. The molecule has 0 radical (unpaired) electrons. The van der Waals surface area contributed by atoms with Crippen LogP contribution >= 0.6 is 11.5 Å². The second-order valence-corrected chi connectivity index (χ2v) is 9.58. The van der Waals surface area contributed by atoms with Crippen LogP contribution < -0.4 is 10.2 Å². The highest BCUT2D eigenvalue weighted by atomic mass is 32.1. The SMILES string of the molecule is O=C(c1nsc2cc(N3CC4CCC3CN4)ccc12)N1CCN2CCC1CC2. The molecule has 0 spiro atoms. The molecule has 2 aromatic rings. The second kappa shape index (κ2) is 6.68. The normalized spacial score (nSPS) is 32.1. The van der Waals surface area contributed by atoms with Crippen LogP contribution in [-0.2, 0) is 0 Å². The van der Waals surface area contributed by atoms with Gasteiger partial charge in [0.1, 0.15) is 5.69 Å². The fourth-order valence-electron chi connectivity index (χ4n) is 5.57. The molecule has 2 unspecified atom stereocenters. The number of piperazine rings is 1. The monoisotopic (exact) mass is 397 g/mol. The van der Waals surface area contributed by atoms with Gasteiger partial charge in [0.2, 0.25) is 0 Å². The third-order valence-electron chi connectivity index (χ3n) is 7.25. The minimum Gasteiger partial charge on any atom is -0.366 e. The fraction of sp³-hybridized carbons (Fsp3) is 0.619. The van der Waals surface area contributed by atoms with Crippen LogP contribution in [0.4, 0.5) is 5.69 Å². The highest BCUT2D eigenvalue weighted by molar-refractivity contribution is 7.13. The van der Waals surface area contributed by atoms with Crippen LogP contribution in [0.25, 0.3) is 10.1 Å². The van der Waals surface area contributed by atoms with Gasteiger partial charge in [-0.05, 0) is 55.4 Å². The predicted octanol–water partition coefficient (Wildman–Crippen LogP) is 2.16. The van der Waals surface area contributed by atoms with Crippen molar-refractivity contribution in [3.8, 4) is 0 Å². The van der Waals surface area contributed by atoms with Gasteiger partial charge < -0.3 is 20.0 Å². The van der Waals surface area contributed by atoms with Gasteiger partial charge in [0.25, 0.3) is 5.91 Å². The number of carbonyl (C=O) groups is 1. The Kier molecular flexibility index (Phi) is 4.10. The topological polar surface area (TPSA) is 51.7 Å². The zero-order valence-electron chi connectivity index (χ0n) is 16.1. The maximum absolute atomic E-state index is 13.3. The minimum atomic E-state index is 0.133.